The van der Waals surface area contributed by atoms with E-state index in [1.165, 1.54) is 11.0 Å². The minimum Gasteiger partial charge on any atom is -0.392 e. The molecule has 1 aromatic carbocycles. The Bertz CT molecular complexity index is 507. The van der Waals surface area contributed by atoms with Crippen LogP contribution >= 0.6 is 0 Å². The summed E-state index contributed by atoms with van der Waals surface area (Å²) in [6.45, 7) is 1.84. The summed E-state index contributed by atoms with van der Waals surface area (Å²) in [6, 6.07) is 6.84. The minimum absolute atomic E-state index is 0.223. The lowest BCUT2D eigenvalue weighted by Crippen LogP contribution is -2.30. The quantitative estimate of drug-likeness (QED) is 0.778. The fraction of sp³-hybridized carbons (Fsp3) is 0.273. The third-order valence-corrected chi connectivity index (χ3v) is 2.30. The highest BCUT2D eigenvalue weighted by atomic mass is 16.3. The number of amides is 1. The predicted octanol–water partition coefficient (Wildman–Crippen LogP) is -0.227. The van der Waals surface area contributed by atoms with Crippen LogP contribution in [-0.2, 0) is 0 Å². The number of rotatable bonds is 4. The number of nitrogens with one attached hydrogen (secondary N) is 1. The first-order chi connectivity index (χ1) is 8.66. The lowest BCUT2D eigenvalue weighted by molar-refractivity contribution is 0.0924. The fourth-order valence-electron chi connectivity index (χ4n) is 1.39. The monoisotopic (exact) mass is 247 g/mol. The topological polar surface area (TPSA) is 92.9 Å². The van der Waals surface area contributed by atoms with Crippen LogP contribution in [0.5, 0.6) is 0 Å². The van der Waals surface area contributed by atoms with Gasteiger partial charge in [-0.3, -0.25) is 4.79 Å². The number of carbonyl (C=O) groups is 1. The van der Waals surface area contributed by atoms with Gasteiger partial charge in [0, 0.05) is 12.1 Å². The molecule has 0 radical (unpaired) electrons. The molecule has 1 amide bonds. The lowest BCUT2D eigenvalue weighted by Gasteiger charge is -2.07. The van der Waals surface area contributed by atoms with Gasteiger partial charge in [0.1, 0.15) is 6.33 Å². The first-order valence-electron chi connectivity index (χ1n) is 5.46. The largest absolute Gasteiger partial charge is 0.392 e. The van der Waals surface area contributed by atoms with Crippen molar-refractivity contribution in [3.63, 3.8) is 0 Å². The van der Waals surface area contributed by atoms with Crippen molar-refractivity contribution in [3.05, 3.63) is 36.2 Å². The molecule has 0 saturated carbocycles. The van der Waals surface area contributed by atoms with Crippen molar-refractivity contribution in [2.75, 3.05) is 6.54 Å². The van der Waals surface area contributed by atoms with Crippen LogP contribution in [0.3, 0.4) is 0 Å². The normalized spacial score (nSPS) is 12.1. The molecule has 7 nitrogen and oxygen atoms in total. The van der Waals surface area contributed by atoms with Crippen LogP contribution in [-0.4, -0.2) is 43.9 Å². The molecule has 2 rings (SSSR count). The van der Waals surface area contributed by atoms with E-state index in [0.29, 0.717) is 5.56 Å². The van der Waals surface area contributed by atoms with Crippen LogP contribution in [0.25, 0.3) is 5.69 Å². The van der Waals surface area contributed by atoms with E-state index in [1.54, 1.807) is 31.2 Å². The van der Waals surface area contributed by atoms with E-state index in [0.717, 1.165) is 5.69 Å². The first kappa shape index (κ1) is 12.2. The van der Waals surface area contributed by atoms with Gasteiger partial charge in [0.2, 0.25) is 0 Å². The molecule has 18 heavy (non-hydrogen) atoms. The zero-order chi connectivity index (χ0) is 13.0. The maximum absolute atomic E-state index is 11.7. The summed E-state index contributed by atoms with van der Waals surface area (Å²) in [7, 11) is 0. The van der Waals surface area contributed by atoms with Crippen LogP contribution in [0.2, 0.25) is 0 Å². The van der Waals surface area contributed by atoms with Gasteiger partial charge >= 0.3 is 0 Å². The third-order valence-electron chi connectivity index (χ3n) is 2.30. The first-order valence-corrected chi connectivity index (χ1v) is 5.46. The van der Waals surface area contributed by atoms with Gasteiger partial charge in [-0.2, -0.15) is 0 Å². The van der Waals surface area contributed by atoms with Gasteiger partial charge in [0.25, 0.3) is 5.91 Å². The zero-order valence-electron chi connectivity index (χ0n) is 9.82. The molecule has 94 valence electrons. The van der Waals surface area contributed by atoms with Gasteiger partial charge in [-0.1, -0.05) is 0 Å². The Morgan fingerprint density at radius 3 is 2.72 bits per heavy atom. The summed E-state index contributed by atoms with van der Waals surface area (Å²) in [4.78, 5) is 11.7. The lowest BCUT2D eigenvalue weighted by atomic mass is 10.2. The van der Waals surface area contributed by atoms with E-state index in [1.807, 2.05) is 0 Å². The van der Waals surface area contributed by atoms with E-state index >= 15 is 0 Å². The highest BCUT2D eigenvalue weighted by Gasteiger charge is 2.06. The molecule has 2 aromatic rings. The van der Waals surface area contributed by atoms with Crippen LogP contribution in [0.4, 0.5) is 0 Å². The number of tetrazole rings is 1. The number of carbonyl (C=O) groups excluding carboxylic acids is 1. The maximum atomic E-state index is 11.7. The summed E-state index contributed by atoms with van der Waals surface area (Å²) >= 11 is 0. The van der Waals surface area contributed by atoms with Crippen LogP contribution in [0, 0.1) is 0 Å². The van der Waals surface area contributed by atoms with Crippen molar-refractivity contribution >= 4 is 5.91 Å². The van der Waals surface area contributed by atoms with Crippen molar-refractivity contribution in [2.24, 2.45) is 0 Å². The van der Waals surface area contributed by atoms with Crippen molar-refractivity contribution in [1.82, 2.24) is 25.5 Å². The highest BCUT2D eigenvalue weighted by molar-refractivity contribution is 5.94. The second-order valence-electron chi connectivity index (χ2n) is 3.86. The Kier molecular flexibility index (Phi) is 3.63. The van der Waals surface area contributed by atoms with E-state index in [-0.39, 0.29) is 12.5 Å². The molecular weight excluding hydrogens is 234 g/mol. The Morgan fingerprint density at radius 2 is 2.17 bits per heavy atom. The standard InChI is InChI=1S/C11H13N5O2/c1-8(17)6-12-11(18)9-2-4-10(5-3-9)16-7-13-14-15-16/h2-5,7-8,17H,6H2,1H3,(H,12,18)/t8-/m0/s1. The minimum atomic E-state index is -0.561. The summed E-state index contributed by atoms with van der Waals surface area (Å²) in [5, 5.41) is 22.5. The van der Waals surface area contributed by atoms with Gasteiger partial charge in [-0.25, -0.2) is 4.68 Å². The molecule has 0 spiro atoms. The molecule has 0 aliphatic heterocycles. The molecule has 1 atom stereocenters. The summed E-state index contributed by atoms with van der Waals surface area (Å²) < 4.78 is 1.50. The number of aliphatic hydroxyl groups is 1. The second-order valence-corrected chi connectivity index (χ2v) is 3.86. The molecule has 7 heteroatoms. The Balaban J connectivity index is 2.06. The van der Waals surface area contributed by atoms with Crippen LogP contribution in [0.1, 0.15) is 17.3 Å². The average Bonchev–Trinajstić information content (AvgIpc) is 2.90. The second kappa shape index (κ2) is 5.37. The molecule has 0 fully saturated rings. The Hall–Kier alpha value is -2.28. The molecule has 2 N–H and O–H groups in total. The van der Waals surface area contributed by atoms with Crippen molar-refractivity contribution < 1.29 is 9.90 Å². The third kappa shape index (κ3) is 2.89. The molecule has 0 aliphatic carbocycles. The zero-order valence-corrected chi connectivity index (χ0v) is 9.82. The number of aliphatic hydroxyl groups excluding tert-OH is 1. The molecule has 1 aromatic heterocycles. The van der Waals surface area contributed by atoms with Crippen LogP contribution in [0.15, 0.2) is 30.6 Å². The van der Waals surface area contributed by atoms with Gasteiger partial charge in [0.05, 0.1) is 11.8 Å². The van der Waals surface area contributed by atoms with E-state index < -0.39 is 6.10 Å². The predicted molar refractivity (Wildman–Crippen MR) is 63.2 cm³/mol. The number of hydrogen-bond acceptors (Lipinski definition) is 5. The number of aromatic nitrogens is 4. The molecule has 0 unspecified atom stereocenters. The summed E-state index contributed by atoms with van der Waals surface area (Å²) in [5.41, 5.74) is 1.29. The van der Waals surface area contributed by atoms with Gasteiger partial charge in [-0.05, 0) is 41.6 Å². The van der Waals surface area contributed by atoms with Gasteiger partial charge in [-0.15, -0.1) is 5.10 Å². The van der Waals surface area contributed by atoms with Crippen LogP contribution < -0.4 is 5.32 Å². The summed E-state index contributed by atoms with van der Waals surface area (Å²) in [5.74, 6) is -0.223. The Labute approximate surface area is 103 Å². The maximum Gasteiger partial charge on any atom is 0.251 e. The Morgan fingerprint density at radius 1 is 1.44 bits per heavy atom. The molecule has 0 aliphatic rings. The number of hydrogen-bond donors (Lipinski definition) is 2. The van der Waals surface area contributed by atoms with Gasteiger partial charge < -0.3 is 10.4 Å². The number of nitrogens with zero attached hydrogens (tertiary/aromatic N) is 4. The van der Waals surface area contributed by atoms with Gasteiger partial charge in [0.15, 0.2) is 0 Å². The summed E-state index contributed by atoms with van der Waals surface area (Å²) in [6.07, 6.45) is 0.914. The van der Waals surface area contributed by atoms with E-state index in [4.69, 9.17) is 5.11 Å². The fourth-order valence-corrected chi connectivity index (χ4v) is 1.39. The average molecular weight is 247 g/mol. The molecule has 0 bridgehead atoms. The van der Waals surface area contributed by atoms with E-state index in [2.05, 4.69) is 20.8 Å². The molecule has 0 saturated heterocycles. The van der Waals surface area contributed by atoms with Crippen molar-refractivity contribution in [1.29, 1.82) is 0 Å². The van der Waals surface area contributed by atoms with Crippen molar-refractivity contribution in [2.45, 2.75) is 13.0 Å². The SMILES string of the molecule is C[C@H](O)CNC(=O)c1ccc(-n2cnnn2)cc1. The van der Waals surface area contributed by atoms with E-state index in [9.17, 15) is 4.79 Å². The van der Waals surface area contributed by atoms with Crippen molar-refractivity contribution in [3.8, 4) is 5.69 Å². The molecular formula is C11H13N5O2. The molecule has 1 heterocycles. The highest BCUT2D eigenvalue weighted by Crippen LogP contribution is 2.07. The number of benzene rings is 1. The smallest absolute Gasteiger partial charge is 0.251 e.